The lowest BCUT2D eigenvalue weighted by atomic mass is 9.85. The third-order valence-electron chi connectivity index (χ3n) is 5.60. The fourth-order valence-corrected chi connectivity index (χ4v) is 5.04. The number of aromatic nitrogens is 2. The molecule has 2 fully saturated rings. The van der Waals surface area contributed by atoms with Crippen LogP contribution in [0, 0.1) is 30.6 Å². The number of nitrogens with one attached hydrogen (secondary N) is 2. The smallest absolute Gasteiger partial charge is 0.308 e. The summed E-state index contributed by atoms with van der Waals surface area (Å²) in [4.78, 5) is 39.0. The Bertz CT molecular complexity index is 985. The number of anilines is 3. The second-order valence-electron chi connectivity index (χ2n) is 7.26. The zero-order valence-electron chi connectivity index (χ0n) is 15.0. The van der Waals surface area contributed by atoms with Gasteiger partial charge in [0.1, 0.15) is 5.01 Å². The summed E-state index contributed by atoms with van der Waals surface area (Å²) in [5.74, 6) is -0.299. The Hall–Kier alpha value is -3.07. The van der Waals surface area contributed by atoms with E-state index in [0.717, 1.165) is 11.4 Å². The van der Waals surface area contributed by atoms with Gasteiger partial charge in [0.05, 0.1) is 17.5 Å². The van der Waals surface area contributed by atoms with Crippen LogP contribution in [0.3, 0.4) is 0 Å². The van der Waals surface area contributed by atoms with Crippen LogP contribution < -0.4 is 15.5 Å². The second-order valence-corrected chi connectivity index (χ2v) is 8.45. The van der Waals surface area contributed by atoms with Crippen molar-refractivity contribution in [2.45, 2.75) is 13.3 Å². The van der Waals surface area contributed by atoms with Gasteiger partial charge < -0.3 is 5.32 Å². The maximum Gasteiger partial charge on any atom is 0.325 e. The van der Waals surface area contributed by atoms with E-state index in [9.17, 15) is 14.4 Å². The number of nitrogens with zero attached hydrogens (tertiary/aromatic N) is 3. The van der Waals surface area contributed by atoms with E-state index in [1.807, 2.05) is 0 Å². The molecule has 3 aliphatic rings. The Morgan fingerprint density at radius 1 is 1.04 bits per heavy atom. The molecule has 1 aliphatic heterocycles. The molecule has 2 aliphatic carbocycles. The van der Waals surface area contributed by atoms with E-state index in [2.05, 4.69) is 33.0 Å². The molecule has 2 bridgehead atoms. The van der Waals surface area contributed by atoms with Gasteiger partial charge in [-0.2, -0.15) is 0 Å². The predicted molar refractivity (Wildman–Crippen MR) is 104 cm³/mol. The molecule has 9 heteroatoms. The van der Waals surface area contributed by atoms with E-state index >= 15 is 0 Å². The minimum Gasteiger partial charge on any atom is -0.308 e. The number of imide groups is 1. The molecule has 5 rings (SSSR count). The molecule has 0 spiro atoms. The van der Waals surface area contributed by atoms with Crippen molar-refractivity contribution in [3.05, 3.63) is 41.4 Å². The Kier molecular flexibility index (Phi) is 3.80. The molecule has 1 saturated carbocycles. The third kappa shape index (κ3) is 2.62. The Morgan fingerprint density at radius 2 is 1.68 bits per heavy atom. The molecule has 28 heavy (non-hydrogen) atoms. The van der Waals surface area contributed by atoms with Gasteiger partial charge in [-0.3, -0.25) is 19.8 Å². The first-order valence-corrected chi connectivity index (χ1v) is 9.87. The Morgan fingerprint density at radius 3 is 2.25 bits per heavy atom. The molecule has 2 N–H and O–H groups in total. The summed E-state index contributed by atoms with van der Waals surface area (Å²) in [5.41, 5.74) is 1.08. The van der Waals surface area contributed by atoms with Crippen LogP contribution in [0.5, 0.6) is 0 Å². The maximum atomic E-state index is 12.8. The quantitative estimate of drug-likeness (QED) is 0.614. The summed E-state index contributed by atoms with van der Waals surface area (Å²) in [6.07, 6.45) is 5.06. The average molecular weight is 395 g/mol. The number of benzene rings is 1. The third-order valence-corrected chi connectivity index (χ3v) is 6.35. The number of hydrogen-bond donors (Lipinski definition) is 2. The van der Waals surface area contributed by atoms with Crippen LogP contribution in [0.25, 0.3) is 0 Å². The van der Waals surface area contributed by atoms with Gasteiger partial charge in [0, 0.05) is 5.69 Å². The molecule has 0 unspecified atom stereocenters. The summed E-state index contributed by atoms with van der Waals surface area (Å²) in [5, 5.41) is 14.1. The molecule has 2 heterocycles. The van der Waals surface area contributed by atoms with Crippen LogP contribution in [0.2, 0.25) is 0 Å². The fraction of sp³-hybridized carbons (Fsp3) is 0.316. The van der Waals surface area contributed by atoms with Crippen molar-refractivity contribution in [2.24, 2.45) is 23.7 Å². The number of rotatable bonds is 3. The zero-order valence-corrected chi connectivity index (χ0v) is 15.8. The molecule has 8 nitrogen and oxygen atoms in total. The summed E-state index contributed by atoms with van der Waals surface area (Å²) in [6, 6.07) is 6.26. The lowest BCUT2D eigenvalue weighted by molar-refractivity contribution is -0.123. The first kappa shape index (κ1) is 17.1. The van der Waals surface area contributed by atoms with E-state index in [-0.39, 0.29) is 35.5 Å². The monoisotopic (exact) mass is 395 g/mol. The SMILES string of the molecule is Cc1nnc(NC(=O)Nc2ccc(N3C(=O)[C@@H]4[C@H](C3=O)[C@H]3C=C[C@H]4C3)cc2)s1. The van der Waals surface area contributed by atoms with Gasteiger partial charge in [-0.1, -0.05) is 23.5 Å². The van der Waals surface area contributed by atoms with Gasteiger partial charge in [-0.15, -0.1) is 10.2 Å². The molecular formula is C19H17N5O3S. The number of fused-ring (bicyclic) bond motifs is 5. The van der Waals surface area contributed by atoms with Gasteiger partial charge >= 0.3 is 6.03 Å². The van der Waals surface area contributed by atoms with Crippen LogP contribution in [0.1, 0.15) is 11.4 Å². The molecule has 2 aromatic rings. The van der Waals surface area contributed by atoms with Crippen molar-refractivity contribution in [3.8, 4) is 0 Å². The summed E-state index contributed by atoms with van der Waals surface area (Å²) in [6.45, 7) is 1.80. The topological polar surface area (TPSA) is 104 Å². The zero-order chi connectivity index (χ0) is 19.4. The standard InChI is InChI=1S/C19H17N5O3S/c1-9-22-23-19(28-9)21-18(27)20-12-4-6-13(7-5-12)24-16(25)14-10-2-3-11(8-10)15(14)17(24)26/h2-7,10-11,14-15H,8H2,1H3,(H2,20,21,23,27)/t10-,11-,14-,15+/m0/s1. The van der Waals surface area contributed by atoms with E-state index < -0.39 is 6.03 Å². The summed E-state index contributed by atoms with van der Waals surface area (Å²) >= 11 is 1.28. The van der Waals surface area contributed by atoms with E-state index in [4.69, 9.17) is 0 Å². The molecule has 1 aromatic heterocycles. The van der Waals surface area contributed by atoms with Gasteiger partial charge in [0.25, 0.3) is 0 Å². The molecule has 1 aromatic carbocycles. The number of allylic oxidation sites excluding steroid dienone is 2. The van der Waals surface area contributed by atoms with Crippen molar-refractivity contribution in [1.29, 1.82) is 0 Å². The fourth-order valence-electron chi connectivity index (χ4n) is 4.46. The number of amides is 4. The number of carbonyl (C=O) groups is 3. The number of carbonyl (C=O) groups excluding carboxylic acids is 3. The van der Waals surface area contributed by atoms with Crippen molar-refractivity contribution in [3.63, 3.8) is 0 Å². The normalized spacial score (nSPS) is 27.4. The maximum absolute atomic E-state index is 12.8. The lowest BCUT2D eigenvalue weighted by Gasteiger charge is -2.17. The van der Waals surface area contributed by atoms with Crippen molar-refractivity contribution < 1.29 is 14.4 Å². The minimum absolute atomic E-state index is 0.114. The number of aryl methyl sites for hydroxylation is 1. The largest absolute Gasteiger partial charge is 0.325 e. The predicted octanol–water partition coefficient (Wildman–Crippen LogP) is 2.80. The van der Waals surface area contributed by atoms with E-state index in [1.54, 1.807) is 31.2 Å². The van der Waals surface area contributed by atoms with E-state index in [0.29, 0.717) is 16.5 Å². The number of urea groups is 1. The molecule has 4 atom stereocenters. The minimum atomic E-state index is -0.436. The van der Waals surface area contributed by atoms with Crippen LogP contribution in [-0.2, 0) is 9.59 Å². The average Bonchev–Trinajstić information content (AvgIpc) is 3.42. The first-order valence-electron chi connectivity index (χ1n) is 9.05. The molecular weight excluding hydrogens is 378 g/mol. The van der Waals surface area contributed by atoms with Crippen molar-refractivity contribution in [1.82, 2.24) is 10.2 Å². The number of hydrogen-bond acceptors (Lipinski definition) is 6. The lowest BCUT2D eigenvalue weighted by Crippen LogP contribution is -2.32. The Balaban J connectivity index is 1.28. The highest BCUT2D eigenvalue weighted by Crippen LogP contribution is 2.53. The van der Waals surface area contributed by atoms with Gasteiger partial charge in [-0.25, -0.2) is 4.79 Å². The highest BCUT2D eigenvalue weighted by molar-refractivity contribution is 7.15. The molecule has 0 radical (unpaired) electrons. The van der Waals surface area contributed by atoms with Crippen LogP contribution in [-0.4, -0.2) is 28.0 Å². The van der Waals surface area contributed by atoms with Crippen LogP contribution in [0.4, 0.5) is 21.3 Å². The molecule has 142 valence electrons. The van der Waals surface area contributed by atoms with E-state index in [1.165, 1.54) is 16.2 Å². The highest BCUT2D eigenvalue weighted by Gasteiger charge is 2.59. The first-order chi connectivity index (χ1) is 13.5. The van der Waals surface area contributed by atoms with Crippen LogP contribution in [0.15, 0.2) is 36.4 Å². The molecule has 1 saturated heterocycles. The highest BCUT2D eigenvalue weighted by atomic mass is 32.1. The van der Waals surface area contributed by atoms with Gasteiger partial charge in [0.15, 0.2) is 0 Å². The van der Waals surface area contributed by atoms with Gasteiger partial charge in [-0.05, 0) is 49.4 Å². The molecule has 4 amide bonds. The van der Waals surface area contributed by atoms with Crippen LogP contribution >= 0.6 is 11.3 Å². The van der Waals surface area contributed by atoms with Gasteiger partial charge in [0.2, 0.25) is 16.9 Å². The second kappa shape index (κ2) is 6.23. The van der Waals surface area contributed by atoms with Crippen molar-refractivity contribution >= 4 is 45.7 Å². The summed E-state index contributed by atoms with van der Waals surface area (Å²) in [7, 11) is 0. The summed E-state index contributed by atoms with van der Waals surface area (Å²) < 4.78 is 0. The van der Waals surface area contributed by atoms with Crippen molar-refractivity contribution in [2.75, 3.05) is 15.5 Å². The Labute approximate surface area is 164 Å².